The van der Waals surface area contributed by atoms with E-state index in [0.29, 0.717) is 0 Å². The number of aliphatic carboxylic acids is 1. The van der Waals surface area contributed by atoms with Crippen LogP contribution in [-0.4, -0.2) is 50.9 Å². The number of carboxylic acid groups (broad SMARTS) is 1. The molecule has 6 nitrogen and oxygen atoms in total. The van der Waals surface area contributed by atoms with E-state index in [1.54, 1.807) is 0 Å². The fraction of sp³-hybridized carbons (Fsp3) is 0.833. The maximum atomic E-state index is 11.0. The van der Waals surface area contributed by atoms with E-state index in [2.05, 4.69) is 0 Å². The van der Waals surface area contributed by atoms with E-state index in [4.69, 9.17) is 5.11 Å². The van der Waals surface area contributed by atoms with E-state index in [1.165, 1.54) is 6.92 Å². The fourth-order valence-electron chi connectivity index (χ4n) is 0.659. The third-order valence-corrected chi connectivity index (χ3v) is 4.97. The minimum atomic E-state index is -3.80. The van der Waals surface area contributed by atoms with Gasteiger partial charge < -0.3 is 5.11 Å². The number of hydrogen-bond donors (Lipinski definition) is 1. The smallest absolute Gasteiger partial charge is 0.318 e. The molecular weight excluding hydrogens is 232 g/mol. The van der Waals surface area contributed by atoms with Crippen LogP contribution in [0.3, 0.4) is 0 Å². The zero-order chi connectivity index (χ0) is 11.4. The predicted octanol–water partition coefficient (Wildman–Crippen LogP) is -1.08. The molecule has 0 bridgehead atoms. The minimum Gasteiger partial charge on any atom is -0.480 e. The predicted molar refractivity (Wildman–Crippen MR) is 50.6 cm³/mol. The van der Waals surface area contributed by atoms with Crippen LogP contribution in [0.4, 0.5) is 0 Å². The Hall–Kier alpha value is -0.630. The summed E-state index contributed by atoms with van der Waals surface area (Å²) in [6.07, 6.45) is 0. The average Bonchev–Trinajstić information content (AvgIpc) is 1.99. The molecule has 0 aromatic heterocycles. The summed E-state index contributed by atoms with van der Waals surface area (Å²) in [5, 5.41) is 8.21. The zero-order valence-electron chi connectivity index (χ0n) is 7.63. The molecule has 0 saturated carbocycles. The van der Waals surface area contributed by atoms with Gasteiger partial charge in [0.15, 0.2) is 19.7 Å². The molecule has 0 aliphatic carbocycles. The van der Waals surface area contributed by atoms with E-state index >= 15 is 0 Å². The Bertz CT molecular complexity index is 390. The van der Waals surface area contributed by atoms with Crippen molar-refractivity contribution < 1.29 is 26.7 Å². The van der Waals surface area contributed by atoms with Gasteiger partial charge in [0.2, 0.25) is 0 Å². The van der Waals surface area contributed by atoms with Crippen molar-refractivity contribution in [2.24, 2.45) is 0 Å². The van der Waals surface area contributed by atoms with Gasteiger partial charge in [-0.2, -0.15) is 0 Å². The number of hydrogen-bond acceptors (Lipinski definition) is 5. The number of sulfone groups is 2. The first-order chi connectivity index (χ1) is 6.18. The molecule has 0 heterocycles. The van der Waals surface area contributed by atoms with Gasteiger partial charge in [-0.25, -0.2) is 16.8 Å². The van der Waals surface area contributed by atoms with Crippen LogP contribution in [-0.2, 0) is 24.5 Å². The lowest BCUT2D eigenvalue weighted by molar-refractivity contribution is -0.134. The van der Waals surface area contributed by atoms with Crippen LogP contribution in [0.5, 0.6) is 0 Å². The molecule has 84 valence electrons. The molecule has 0 radical (unpaired) electrons. The summed E-state index contributed by atoms with van der Waals surface area (Å²) in [7, 11) is -7.16. The first kappa shape index (κ1) is 13.4. The molecule has 0 aliphatic heterocycles. The topological polar surface area (TPSA) is 106 Å². The normalized spacial score (nSPS) is 12.6. The van der Waals surface area contributed by atoms with Gasteiger partial charge in [0.05, 0.1) is 11.5 Å². The summed E-state index contributed by atoms with van der Waals surface area (Å²) >= 11 is 0. The largest absolute Gasteiger partial charge is 0.480 e. The molecule has 0 atom stereocenters. The van der Waals surface area contributed by atoms with Gasteiger partial charge in [0, 0.05) is 5.75 Å². The van der Waals surface area contributed by atoms with Crippen molar-refractivity contribution >= 4 is 25.6 Å². The van der Waals surface area contributed by atoms with Gasteiger partial charge >= 0.3 is 5.97 Å². The summed E-state index contributed by atoms with van der Waals surface area (Å²) in [6, 6.07) is 0. The SMILES string of the molecule is CCS(=O)(=O)CCS(=O)(=O)CC(=O)O. The zero-order valence-corrected chi connectivity index (χ0v) is 9.27. The standard InChI is InChI=1S/C6H12O6S2/c1-2-13(9,10)3-4-14(11,12)5-6(7)8/h2-5H2,1H3,(H,7,8). The maximum absolute atomic E-state index is 11.0. The Labute approximate surface area is 82.8 Å². The quantitative estimate of drug-likeness (QED) is 0.637. The van der Waals surface area contributed by atoms with Crippen LogP contribution in [0.2, 0.25) is 0 Å². The summed E-state index contributed by atoms with van der Waals surface area (Å²) in [5.41, 5.74) is 0. The Kier molecular flexibility index (Phi) is 4.53. The average molecular weight is 244 g/mol. The van der Waals surface area contributed by atoms with Gasteiger partial charge in [-0.1, -0.05) is 6.92 Å². The number of rotatable bonds is 6. The van der Waals surface area contributed by atoms with Gasteiger partial charge in [-0.05, 0) is 0 Å². The summed E-state index contributed by atoms with van der Waals surface area (Å²) < 4.78 is 43.8. The highest BCUT2D eigenvalue weighted by molar-refractivity contribution is 7.95. The lowest BCUT2D eigenvalue weighted by atomic mass is 10.8. The summed E-state index contributed by atoms with van der Waals surface area (Å²) in [6.45, 7) is 1.40. The second kappa shape index (κ2) is 4.74. The molecule has 0 rings (SSSR count). The van der Waals surface area contributed by atoms with Crippen LogP contribution < -0.4 is 0 Å². The monoisotopic (exact) mass is 244 g/mol. The molecule has 0 saturated heterocycles. The van der Waals surface area contributed by atoms with Crippen molar-refractivity contribution in [2.75, 3.05) is 23.0 Å². The van der Waals surface area contributed by atoms with Crippen molar-refractivity contribution in [3.63, 3.8) is 0 Å². The minimum absolute atomic E-state index is 0.143. The van der Waals surface area contributed by atoms with Crippen molar-refractivity contribution in [3.05, 3.63) is 0 Å². The molecular formula is C6H12O6S2. The van der Waals surface area contributed by atoms with Crippen molar-refractivity contribution in [3.8, 4) is 0 Å². The Morgan fingerprint density at radius 3 is 1.86 bits per heavy atom. The lowest BCUT2D eigenvalue weighted by Crippen LogP contribution is -2.24. The molecule has 0 amide bonds. The maximum Gasteiger partial charge on any atom is 0.318 e. The Balaban J connectivity index is 4.35. The highest BCUT2D eigenvalue weighted by Crippen LogP contribution is 1.96. The van der Waals surface area contributed by atoms with Gasteiger partial charge in [0.25, 0.3) is 0 Å². The molecule has 8 heteroatoms. The first-order valence-corrected chi connectivity index (χ1v) is 7.45. The number of carbonyl (C=O) groups is 1. The third-order valence-electron chi connectivity index (χ3n) is 1.49. The van der Waals surface area contributed by atoms with Gasteiger partial charge in [-0.3, -0.25) is 4.79 Å². The van der Waals surface area contributed by atoms with Crippen LogP contribution in [0.25, 0.3) is 0 Å². The van der Waals surface area contributed by atoms with Crippen LogP contribution in [0.1, 0.15) is 6.92 Å². The van der Waals surface area contributed by atoms with Crippen molar-refractivity contribution in [1.29, 1.82) is 0 Å². The molecule has 0 fully saturated rings. The molecule has 0 aromatic carbocycles. The Morgan fingerprint density at radius 2 is 1.50 bits per heavy atom. The molecule has 14 heavy (non-hydrogen) atoms. The van der Waals surface area contributed by atoms with E-state index in [-0.39, 0.29) is 5.75 Å². The molecule has 0 aliphatic rings. The molecule has 0 unspecified atom stereocenters. The summed E-state index contributed by atoms with van der Waals surface area (Å²) in [4.78, 5) is 10.1. The van der Waals surface area contributed by atoms with Crippen LogP contribution in [0, 0.1) is 0 Å². The summed E-state index contributed by atoms with van der Waals surface area (Å²) in [5.74, 6) is -3.78. The first-order valence-electron chi connectivity index (χ1n) is 3.81. The molecule has 0 aromatic rings. The number of carboxylic acids is 1. The second-order valence-corrected chi connectivity index (χ2v) is 7.38. The van der Waals surface area contributed by atoms with Crippen molar-refractivity contribution in [1.82, 2.24) is 0 Å². The van der Waals surface area contributed by atoms with E-state index in [1.807, 2.05) is 0 Å². The van der Waals surface area contributed by atoms with Gasteiger partial charge in [0.1, 0.15) is 5.75 Å². The second-order valence-electron chi connectivity index (χ2n) is 2.72. The van der Waals surface area contributed by atoms with Crippen LogP contribution >= 0.6 is 0 Å². The highest BCUT2D eigenvalue weighted by Gasteiger charge is 2.19. The third kappa shape index (κ3) is 5.92. The lowest BCUT2D eigenvalue weighted by Gasteiger charge is -2.01. The Morgan fingerprint density at radius 1 is 1.07 bits per heavy atom. The fourth-order valence-corrected chi connectivity index (χ4v) is 3.50. The molecule has 0 spiro atoms. The van der Waals surface area contributed by atoms with Crippen LogP contribution in [0.15, 0.2) is 0 Å². The molecule has 1 N–H and O–H groups in total. The van der Waals surface area contributed by atoms with Gasteiger partial charge in [-0.15, -0.1) is 0 Å². The van der Waals surface area contributed by atoms with E-state index < -0.39 is 42.9 Å². The van der Waals surface area contributed by atoms with E-state index in [9.17, 15) is 21.6 Å². The van der Waals surface area contributed by atoms with Crippen molar-refractivity contribution in [2.45, 2.75) is 6.92 Å². The van der Waals surface area contributed by atoms with E-state index in [0.717, 1.165) is 0 Å². The highest BCUT2D eigenvalue weighted by atomic mass is 32.2.